The molecule has 1 aliphatic heterocycles. The summed E-state index contributed by atoms with van der Waals surface area (Å²) in [5.74, 6) is -0.109. The molecule has 0 radical (unpaired) electrons. The summed E-state index contributed by atoms with van der Waals surface area (Å²) in [5, 5.41) is 11.9. The molecule has 1 aromatic carbocycles. The SMILES string of the molecule is Cc1nn(-c2ccccc2)nc1C(=O)NC1CCN(C2CCC2)CC1. The number of nitrogens with zero attached hydrogens (tertiary/aromatic N) is 4. The molecule has 0 unspecified atom stereocenters. The van der Waals surface area contributed by atoms with E-state index in [1.807, 2.05) is 37.3 Å². The zero-order valence-corrected chi connectivity index (χ0v) is 14.7. The molecule has 1 saturated carbocycles. The van der Waals surface area contributed by atoms with Crippen molar-refractivity contribution in [3.63, 3.8) is 0 Å². The van der Waals surface area contributed by atoms with Gasteiger partial charge in [0.2, 0.25) is 0 Å². The van der Waals surface area contributed by atoms with Crippen molar-refractivity contribution in [3.8, 4) is 5.69 Å². The van der Waals surface area contributed by atoms with E-state index < -0.39 is 0 Å². The van der Waals surface area contributed by atoms with Gasteiger partial charge in [0.15, 0.2) is 5.69 Å². The molecule has 1 saturated heterocycles. The second-order valence-electron chi connectivity index (χ2n) is 7.13. The quantitative estimate of drug-likeness (QED) is 0.928. The highest BCUT2D eigenvalue weighted by molar-refractivity contribution is 5.93. The van der Waals surface area contributed by atoms with Crippen molar-refractivity contribution in [2.24, 2.45) is 0 Å². The number of piperidine rings is 1. The number of carbonyl (C=O) groups excluding carboxylic acids is 1. The van der Waals surface area contributed by atoms with E-state index in [1.54, 1.807) is 0 Å². The van der Waals surface area contributed by atoms with Crippen LogP contribution in [0.5, 0.6) is 0 Å². The van der Waals surface area contributed by atoms with Gasteiger partial charge in [-0.2, -0.15) is 9.90 Å². The highest BCUT2D eigenvalue weighted by Crippen LogP contribution is 2.27. The van der Waals surface area contributed by atoms with Crippen LogP contribution in [0.15, 0.2) is 30.3 Å². The van der Waals surface area contributed by atoms with Gasteiger partial charge in [-0.15, -0.1) is 5.10 Å². The molecular formula is C19H25N5O. The number of amides is 1. The zero-order valence-electron chi connectivity index (χ0n) is 14.7. The number of hydrogen-bond acceptors (Lipinski definition) is 4. The lowest BCUT2D eigenvalue weighted by molar-refractivity contribution is 0.0796. The number of rotatable bonds is 4. The minimum atomic E-state index is -0.109. The van der Waals surface area contributed by atoms with Crippen LogP contribution < -0.4 is 5.32 Å². The molecule has 6 nitrogen and oxygen atoms in total. The van der Waals surface area contributed by atoms with Gasteiger partial charge in [-0.3, -0.25) is 4.79 Å². The second kappa shape index (κ2) is 6.96. The number of nitrogens with one attached hydrogen (secondary N) is 1. The molecular weight excluding hydrogens is 314 g/mol. The molecule has 4 rings (SSSR count). The van der Waals surface area contributed by atoms with Gasteiger partial charge < -0.3 is 10.2 Å². The Morgan fingerprint density at radius 3 is 2.44 bits per heavy atom. The fourth-order valence-corrected chi connectivity index (χ4v) is 3.68. The highest BCUT2D eigenvalue weighted by Gasteiger charge is 2.29. The fraction of sp³-hybridized carbons (Fsp3) is 0.526. The van der Waals surface area contributed by atoms with E-state index in [4.69, 9.17) is 0 Å². The van der Waals surface area contributed by atoms with Crippen molar-refractivity contribution in [1.82, 2.24) is 25.2 Å². The van der Waals surface area contributed by atoms with Crippen molar-refractivity contribution in [3.05, 3.63) is 41.7 Å². The topological polar surface area (TPSA) is 63.1 Å². The van der Waals surface area contributed by atoms with Crippen LogP contribution in [0.3, 0.4) is 0 Å². The third kappa shape index (κ3) is 3.44. The molecule has 132 valence electrons. The molecule has 0 atom stereocenters. The van der Waals surface area contributed by atoms with Gasteiger partial charge in [0, 0.05) is 25.2 Å². The molecule has 2 fully saturated rings. The third-order valence-corrected chi connectivity index (χ3v) is 5.44. The number of benzene rings is 1. The average Bonchev–Trinajstić information content (AvgIpc) is 2.98. The third-order valence-electron chi connectivity index (χ3n) is 5.44. The second-order valence-corrected chi connectivity index (χ2v) is 7.13. The highest BCUT2D eigenvalue weighted by atomic mass is 16.2. The van der Waals surface area contributed by atoms with Crippen LogP contribution in [-0.2, 0) is 0 Å². The largest absolute Gasteiger partial charge is 0.348 e. The molecule has 1 aliphatic carbocycles. The normalized spacial score (nSPS) is 19.6. The number of aryl methyl sites for hydroxylation is 1. The molecule has 1 amide bonds. The van der Waals surface area contributed by atoms with Crippen LogP contribution in [0.4, 0.5) is 0 Å². The first-order valence-corrected chi connectivity index (χ1v) is 9.25. The van der Waals surface area contributed by atoms with E-state index in [-0.39, 0.29) is 11.9 Å². The summed E-state index contributed by atoms with van der Waals surface area (Å²) >= 11 is 0. The zero-order chi connectivity index (χ0) is 17.2. The predicted octanol–water partition coefficient (Wildman–Crippen LogP) is 2.32. The van der Waals surface area contributed by atoms with Crippen LogP contribution >= 0.6 is 0 Å². The standard InChI is InChI=1S/C19H25N5O/c1-14-18(22-24(21-14)17-6-3-2-4-7-17)19(25)20-15-10-12-23(13-11-15)16-8-5-9-16/h2-4,6-7,15-16H,5,8-13H2,1H3,(H,20,25). The lowest BCUT2D eigenvalue weighted by atomic mass is 9.89. The number of para-hydroxylation sites is 1. The van der Waals surface area contributed by atoms with Gasteiger partial charge in [-0.1, -0.05) is 24.6 Å². The summed E-state index contributed by atoms with van der Waals surface area (Å²) in [7, 11) is 0. The molecule has 0 bridgehead atoms. The number of hydrogen-bond donors (Lipinski definition) is 1. The first-order valence-electron chi connectivity index (χ1n) is 9.25. The van der Waals surface area contributed by atoms with E-state index >= 15 is 0 Å². The average molecular weight is 339 g/mol. The minimum absolute atomic E-state index is 0.109. The van der Waals surface area contributed by atoms with Crippen LogP contribution in [0.25, 0.3) is 5.69 Å². The lowest BCUT2D eigenvalue weighted by Crippen LogP contribution is -2.49. The number of carbonyl (C=O) groups is 1. The summed E-state index contributed by atoms with van der Waals surface area (Å²) in [6.07, 6.45) is 6.11. The number of aromatic nitrogens is 3. The fourth-order valence-electron chi connectivity index (χ4n) is 3.68. The van der Waals surface area contributed by atoms with Gasteiger partial charge in [-0.05, 0) is 44.7 Å². The van der Waals surface area contributed by atoms with Gasteiger partial charge in [0.05, 0.1) is 11.4 Å². The van der Waals surface area contributed by atoms with Crippen LogP contribution in [0.1, 0.15) is 48.3 Å². The van der Waals surface area contributed by atoms with E-state index in [1.165, 1.54) is 24.1 Å². The maximum absolute atomic E-state index is 12.6. The summed E-state index contributed by atoms with van der Waals surface area (Å²) in [6, 6.07) is 10.7. The monoisotopic (exact) mass is 339 g/mol. The molecule has 2 aromatic rings. The van der Waals surface area contributed by atoms with Crippen LogP contribution in [-0.4, -0.2) is 51.0 Å². The Labute approximate surface area is 148 Å². The van der Waals surface area contributed by atoms with Crippen LogP contribution in [0, 0.1) is 6.92 Å². The van der Waals surface area contributed by atoms with E-state index in [9.17, 15) is 4.79 Å². The smallest absolute Gasteiger partial charge is 0.273 e. The predicted molar refractivity (Wildman–Crippen MR) is 95.8 cm³/mol. The van der Waals surface area contributed by atoms with E-state index in [0.717, 1.165) is 37.7 Å². The number of likely N-dealkylation sites (tertiary alicyclic amines) is 1. The Kier molecular flexibility index (Phi) is 4.53. The van der Waals surface area contributed by atoms with Crippen molar-refractivity contribution in [2.45, 2.75) is 51.1 Å². The summed E-state index contributed by atoms with van der Waals surface area (Å²) in [5.41, 5.74) is 1.94. The molecule has 2 heterocycles. The first-order chi connectivity index (χ1) is 12.2. The molecule has 0 spiro atoms. The van der Waals surface area contributed by atoms with E-state index in [2.05, 4.69) is 20.4 Å². The molecule has 25 heavy (non-hydrogen) atoms. The Morgan fingerprint density at radius 1 is 1.08 bits per heavy atom. The Balaban J connectivity index is 1.37. The summed E-state index contributed by atoms with van der Waals surface area (Å²) in [4.78, 5) is 16.7. The summed E-state index contributed by atoms with van der Waals surface area (Å²) < 4.78 is 0. The minimum Gasteiger partial charge on any atom is -0.348 e. The Hall–Kier alpha value is -2.21. The maximum atomic E-state index is 12.6. The van der Waals surface area contributed by atoms with Crippen molar-refractivity contribution >= 4 is 5.91 Å². The van der Waals surface area contributed by atoms with Gasteiger partial charge in [-0.25, -0.2) is 0 Å². The van der Waals surface area contributed by atoms with Crippen molar-refractivity contribution in [2.75, 3.05) is 13.1 Å². The lowest BCUT2D eigenvalue weighted by Gasteiger charge is -2.41. The Bertz CT molecular complexity index is 730. The summed E-state index contributed by atoms with van der Waals surface area (Å²) in [6.45, 7) is 4.01. The first kappa shape index (κ1) is 16.3. The maximum Gasteiger partial charge on any atom is 0.273 e. The molecule has 1 N–H and O–H groups in total. The van der Waals surface area contributed by atoms with Gasteiger partial charge in [0.1, 0.15) is 0 Å². The van der Waals surface area contributed by atoms with Crippen LogP contribution in [0.2, 0.25) is 0 Å². The van der Waals surface area contributed by atoms with Gasteiger partial charge in [0.25, 0.3) is 5.91 Å². The van der Waals surface area contributed by atoms with Crippen molar-refractivity contribution < 1.29 is 4.79 Å². The van der Waals surface area contributed by atoms with E-state index in [0.29, 0.717) is 11.4 Å². The molecule has 2 aliphatic rings. The Morgan fingerprint density at radius 2 is 1.80 bits per heavy atom. The van der Waals surface area contributed by atoms with Crippen molar-refractivity contribution in [1.29, 1.82) is 0 Å². The molecule has 6 heteroatoms. The molecule has 1 aromatic heterocycles. The van der Waals surface area contributed by atoms with Gasteiger partial charge >= 0.3 is 0 Å².